The molecule has 1 nitrogen and oxygen atoms in total. The maximum absolute atomic E-state index is 3.42. The molecule has 15 heavy (non-hydrogen) atoms. The van der Waals surface area contributed by atoms with Crippen molar-refractivity contribution in [2.24, 2.45) is 0 Å². The van der Waals surface area contributed by atoms with E-state index in [9.17, 15) is 0 Å². The third-order valence-corrected chi connectivity index (χ3v) is 2.59. The van der Waals surface area contributed by atoms with Crippen LogP contribution in [0.1, 0.15) is 5.56 Å². The van der Waals surface area contributed by atoms with Crippen molar-refractivity contribution in [1.82, 2.24) is 0 Å². The summed E-state index contributed by atoms with van der Waals surface area (Å²) in [4.78, 5) is 0. The van der Waals surface area contributed by atoms with Gasteiger partial charge in [0.15, 0.2) is 18.9 Å². The summed E-state index contributed by atoms with van der Waals surface area (Å²) < 4.78 is 3.27. The van der Waals surface area contributed by atoms with Crippen molar-refractivity contribution in [3.63, 3.8) is 0 Å². The van der Waals surface area contributed by atoms with E-state index in [1.165, 1.54) is 5.56 Å². The molecule has 0 saturated heterocycles. The molecule has 0 aliphatic rings. The summed E-state index contributed by atoms with van der Waals surface area (Å²) in [6, 6.07) is 14.5. The molecule has 0 spiro atoms. The number of benzene rings is 1. The molecule has 0 fully saturated rings. The summed E-state index contributed by atoms with van der Waals surface area (Å²) in [5, 5.41) is 0. The van der Waals surface area contributed by atoms with E-state index in [2.05, 4.69) is 57.2 Å². The first-order valence-corrected chi connectivity index (χ1v) is 5.32. The van der Waals surface area contributed by atoms with Crippen molar-refractivity contribution in [3.05, 3.63) is 64.9 Å². The summed E-state index contributed by atoms with van der Waals surface area (Å²) in [6.07, 6.45) is 4.13. The molecule has 0 unspecified atom stereocenters. The van der Waals surface area contributed by atoms with E-state index >= 15 is 0 Å². The Morgan fingerprint density at radius 1 is 0.933 bits per heavy atom. The number of halogens is 2. The summed E-state index contributed by atoms with van der Waals surface area (Å²) in [7, 11) is 0. The maximum atomic E-state index is 3.42. The quantitative estimate of drug-likeness (QED) is 0.505. The van der Waals surface area contributed by atoms with Gasteiger partial charge in [0.25, 0.3) is 0 Å². The lowest BCUT2D eigenvalue weighted by Crippen LogP contribution is -3.00. The minimum absolute atomic E-state index is 0. The van der Waals surface area contributed by atoms with E-state index in [4.69, 9.17) is 0 Å². The predicted octanol–water partition coefficient (Wildman–Crippen LogP) is -0.211. The highest BCUT2D eigenvalue weighted by molar-refractivity contribution is 9.10. The molecule has 0 radical (unpaired) electrons. The van der Waals surface area contributed by atoms with Crippen molar-refractivity contribution in [3.8, 4) is 0 Å². The molecule has 0 aliphatic carbocycles. The van der Waals surface area contributed by atoms with E-state index in [0.717, 1.165) is 11.0 Å². The molecule has 0 aliphatic heterocycles. The summed E-state index contributed by atoms with van der Waals surface area (Å²) in [5.74, 6) is 0. The Kier molecular flexibility index (Phi) is 5.25. The molecule has 1 heterocycles. The monoisotopic (exact) mass is 375 g/mol. The number of hydrogen-bond acceptors (Lipinski definition) is 0. The Hall–Kier alpha value is -0.420. The van der Waals surface area contributed by atoms with Crippen molar-refractivity contribution < 1.29 is 28.5 Å². The Balaban J connectivity index is 0.00000112. The normalized spacial score (nSPS) is 9.40. The third-order valence-electron chi connectivity index (χ3n) is 2.06. The highest BCUT2D eigenvalue weighted by Gasteiger charge is 2.00. The second-order valence-corrected chi connectivity index (χ2v) is 4.09. The number of rotatable bonds is 2. The van der Waals surface area contributed by atoms with Gasteiger partial charge >= 0.3 is 0 Å². The molecule has 0 N–H and O–H groups in total. The minimum Gasteiger partial charge on any atom is -1.00 e. The van der Waals surface area contributed by atoms with Gasteiger partial charge in [-0.3, -0.25) is 0 Å². The van der Waals surface area contributed by atoms with Gasteiger partial charge < -0.3 is 24.0 Å². The molecular weight excluding hydrogens is 365 g/mol. The lowest BCUT2D eigenvalue weighted by atomic mass is 10.2. The predicted molar refractivity (Wildman–Crippen MR) is 59.9 cm³/mol. The Labute approximate surface area is 115 Å². The van der Waals surface area contributed by atoms with Gasteiger partial charge in [-0.15, -0.1) is 0 Å². The SMILES string of the molecule is Brc1cc[n+](Cc2ccccc2)cc1.[I-]. The van der Waals surface area contributed by atoms with Crippen molar-refractivity contribution in [2.45, 2.75) is 6.54 Å². The molecule has 1 aromatic carbocycles. The van der Waals surface area contributed by atoms with E-state index in [1.54, 1.807) is 0 Å². The first-order valence-electron chi connectivity index (χ1n) is 4.53. The number of hydrogen-bond donors (Lipinski definition) is 0. The van der Waals surface area contributed by atoms with Crippen molar-refractivity contribution >= 4 is 15.9 Å². The largest absolute Gasteiger partial charge is 1.00 e. The molecule has 1 aromatic heterocycles. The summed E-state index contributed by atoms with van der Waals surface area (Å²) in [6.45, 7) is 0.925. The summed E-state index contributed by atoms with van der Waals surface area (Å²) in [5.41, 5.74) is 1.32. The third kappa shape index (κ3) is 3.91. The zero-order chi connectivity index (χ0) is 9.80. The van der Waals surface area contributed by atoms with Gasteiger partial charge in [-0.25, -0.2) is 4.57 Å². The van der Waals surface area contributed by atoms with Crippen LogP contribution in [0.3, 0.4) is 0 Å². The molecule has 78 valence electrons. The van der Waals surface area contributed by atoms with Crippen LogP contribution in [-0.4, -0.2) is 0 Å². The first-order chi connectivity index (χ1) is 6.84. The molecule has 0 saturated carbocycles. The van der Waals surface area contributed by atoms with Crippen LogP contribution in [0.4, 0.5) is 0 Å². The molecule has 3 heteroatoms. The van der Waals surface area contributed by atoms with Crippen LogP contribution < -0.4 is 28.5 Å². The summed E-state index contributed by atoms with van der Waals surface area (Å²) >= 11 is 3.42. The smallest absolute Gasteiger partial charge is 0.173 e. The highest BCUT2D eigenvalue weighted by Crippen LogP contribution is 2.04. The molecule has 0 atom stereocenters. The van der Waals surface area contributed by atoms with E-state index in [-0.39, 0.29) is 24.0 Å². The van der Waals surface area contributed by atoms with Gasteiger partial charge in [-0.1, -0.05) is 46.3 Å². The first kappa shape index (κ1) is 12.6. The van der Waals surface area contributed by atoms with Crippen molar-refractivity contribution in [1.29, 1.82) is 0 Å². The van der Waals surface area contributed by atoms with Gasteiger partial charge in [0.05, 0.1) is 0 Å². The minimum atomic E-state index is 0. The second kappa shape index (κ2) is 6.23. The number of pyridine rings is 1. The van der Waals surface area contributed by atoms with E-state index in [1.807, 2.05) is 18.2 Å². The van der Waals surface area contributed by atoms with Crippen molar-refractivity contribution in [2.75, 3.05) is 0 Å². The molecule has 0 amide bonds. The average molecular weight is 376 g/mol. The van der Waals surface area contributed by atoms with Crippen LogP contribution in [0.25, 0.3) is 0 Å². The Morgan fingerprint density at radius 3 is 2.13 bits per heavy atom. The topological polar surface area (TPSA) is 3.88 Å². The van der Waals surface area contributed by atoms with Crippen LogP contribution in [0.5, 0.6) is 0 Å². The molecule has 2 aromatic rings. The lowest BCUT2D eigenvalue weighted by Gasteiger charge is -1.96. The Morgan fingerprint density at radius 2 is 1.53 bits per heavy atom. The fraction of sp³-hybridized carbons (Fsp3) is 0.0833. The van der Waals surface area contributed by atoms with Gasteiger partial charge in [-0.05, 0) is 0 Å². The second-order valence-electron chi connectivity index (χ2n) is 3.17. The molecule has 2 rings (SSSR count). The van der Waals surface area contributed by atoms with Gasteiger partial charge in [0.2, 0.25) is 0 Å². The Bertz CT molecular complexity index is 400. The van der Waals surface area contributed by atoms with Gasteiger partial charge in [-0.2, -0.15) is 0 Å². The van der Waals surface area contributed by atoms with Crippen LogP contribution in [-0.2, 0) is 6.54 Å². The fourth-order valence-electron chi connectivity index (χ4n) is 1.34. The van der Waals surface area contributed by atoms with E-state index < -0.39 is 0 Å². The molecule has 0 bridgehead atoms. The van der Waals surface area contributed by atoms with Crippen LogP contribution >= 0.6 is 15.9 Å². The number of aromatic nitrogens is 1. The van der Waals surface area contributed by atoms with Gasteiger partial charge in [0.1, 0.15) is 0 Å². The zero-order valence-corrected chi connectivity index (χ0v) is 11.8. The zero-order valence-electron chi connectivity index (χ0n) is 8.11. The molecular formula is C12H11BrIN. The van der Waals surface area contributed by atoms with Crippen LogP contribution in [0.15, 0.2) is 59.3 Å². The number of nitrogens with zero attached hydrogens (tertiary/aromatic N) is 1. The lowest BCUT2D eigenvalue weighted by molar-refractivity contribution is -0.688. The fourth-order valence-corrected chi connectivity index (χ4v) is 1.58. The highest BCUT2D eigenvalue weighted by atomic mass is 127. The average Bonchev–Trinajstić information content (AvgIpc) is 2.23. The maximum Gasteiger partial charge on any atom is 0.173 e. The van der Waals surface area contributed by atoms with Crippen LogP contribution in [0, 0.1) is 0 Å². The standard InChI is InChI=1S/C12H11BrN.HI/c13-12-6-8-14(9-7-12)10-11-4-2-1-3-5-11;/h1-9H,10H2;1H/q+1;/p-1. The van der Waals surface area contributed by atoms with Gasteiger partial charge in [0, 0.05) is 22.2 Å². The van der Waals surface area contributed by atoms with Crippen LogP contribution in [0.2, 0.25) is 0 Å². The van der Waals surface area contributed by atoms with E-state index in [0.29, 0.717) is 0 Å².